The zero-order chi connectivity index (χ0) is 19.5. The molecule has 1 aromatic carbocycles. The largest absolute Gasteiger partial charge is 0.378 e. The molecule has 1 aromatic rings. The third kappa shape index (κ3) is 4.44. The Labute approximate surface area is 170 Å². The van der Waals surface area contributed by atoms with Crippen LogP contribution in [0.15, 0.2) is 18.2 Å². The van der Waals surface area contributed by atoms with Crippen molar-refractivity contribution in [1.82, 2.24) is 10.2 Å². The van der Waals surface area contributed by atoms with Crippen LogP contribution in [0, 0.1) is 17.8 Å². The molecule has 2 bridgehead atoms. The Morgan fingerprint density at radius 3 is 2.68 bits per heavy atom. The van der Waals surface area contributed by atoms with E-state index < -0.39 is 0 Å². The molecule has 28 heavy (non-hydrogen) atoms. The van der Waals surface area contributed by atoms with Gasteiger partial charge in [-0.3, -0.25) is 4.79 Å². The molecule has 0 unspecified atom stereocenters. The SMILES string of the molecule is O=C(NCC[C@@H]1C[C@H]2CC[C@H]1C2)Nc1ccc(C(=O)N2CCOCC2)c(Cl)c1. The number of hydrogen-bond donors (Lipinski definition) is 2. The molecule has 6 nitrogen and oxygen atoms in total. The van der Waals surface area contributed by atoms with Crippen molar-refractivity contribution in [2.75, 3.05) is 38.2 Å². The molecule has 3 atom stereocenters. The summed E-state index contributed by atoms with van der Waals surface area (Å²) in [4.78, 5) is 26.5. The number of carbonyl (C=O) groups is 2. The molecular weight excluding hydrogens is 378 g/mol. The molecule has 0 radical (unpaired) electrons. The first-order valence-electron chi connectivity index (χ1n) is 10.3. The van der Waals surface area contributed by atoms with Gasteiger partial charge in [0, 0.05) is 25.3 Å². The first kappa shape index (κ1) is 19.5. The molecule has 7 heteroatoms. The van der Waals surface area contributed by atoms with Gasteiger partial charge in [-0.1, -0.05) is 18.0 Å². The highest BCUT2D eigenvalue weighted by atomic mass is 35.5. The van der Waals surface area contributed by atoms with Crippen LogP contribution in [0.5, 0.6) is 0 Å². The Balaban J connectivity index is 1.25. The third-order valence-corrected chi connectivity index (χ3v) is 6.75. The van der Waals surface area contributed by atoms with Gasteiger partial charge < -0.3 is 20.3 Å². The maximum absolute atomic E-state index is 12.6. The summed E-state index contributed by atoms with van der Waals surface area (Å²) in [7, 11) is 0. The molecule has 3 amide bonds. The van der Waals surface area contributed by atoms with Crippen molar-refractivity contribution in [3.8, 4) is 0 Å². The Hall–Kier alpha value is -1.79. The molecule has 3 aliphatic rings. The summed E-state index contributed by atoms with van der Waals surface area (Å²) in [5.74, 6) is 2.49. The summed E-state index contributed by atoms with van der Waals surface area (Å²) in [6, 6.07) is 4.79. The van der Waals surface area contributed by atoms with Crippen molar-refractivity contribution in [2.24, 2.45) is 17.8 Å². The predicted molar refractivity (Wildman–Crippen MR) is 109 cm³/mol. The molecule has 2 saturated carbocycles. The number of nitrogens with zero attached hydrogens (tertiary/aromatic N) is 1. The van der Waals surface area contributed by atoms with Crippen molar-refractivity contribution >= 4 is 29.2 Å². The van der Waals surface area contributed by atoms with Gasteiger partial charge in [0.15, 0.2) is 0 Å². The standard InChI is InChI=1S/C21H28ClN3O3/c22-19-13-17(3-4-18(19)20(26)25-7-9-28-10-8-25)24-21(27)23-6-5-16-12-14-1-2-15(16)11-14/h3-4,13-16H,1-2,5-12H2,(H2,23,24,27)/t14-,15-,16+/m0/s1. The molecule has 4 rings (SSSR count). The number of fused-ring (bicyclic) bond motifs is 2. The first-order chi connectivity index (χ1) is 13.6. The summed E-state index contributed by atoms with van der Waals surface area (Å²) < 4.78 is 5.28. The number of amides is 3. The minimum absolute atomic E-state index is 0.102. The average Bonchev–Trinajstić information content (AvgIpc) is 3.32. The Morgan fingerprint density at radius 1 is 1.18 bits per heavy atom. The second-order valence-electron chi connectivity index (χ2n) is 8.20. The first-order valence-corrected chi connectivity index (χ1v) is 10.7. The van der Waals surface area contributed by atoms with Gasteiger partial charge in [-0.15, -0.1) is 0 Å². The van der Waals surface area contributed by atoms with Crippen LogP contribution in [0.4, 0.5) is 10.5 Å². The van der Waals surface area contributed by atoms with E-state index in [9.17, 15) is 9.59 Å². The average molecular weight is 406 g/mol. The molecule has 2 aliphatic carbocycles. The second kappa shape index (κ2) is 8.70. The molecular formula is C21H28ClN3O3. The van der Waals surface area contributed by atoms with Gasteiger partial charge in [-0.2, -0.15) is 0 Å². The van der Waals surface area contributed by atoms with E-state index in [1.54, 1.807) is 23.1 Å². The minimum atomic E-state index is -0.230. The molecule has 0 spiro atoms. The van der Waals surface area contributed by atoms with Crippen molar-refractivity contribution in [3.05, 3.63) is 28.8 Å². The minimum Gasteiger partial charge on any atom is -0.378 e. The molecule has 0 aromatic heterocycles. The highest BCUT2D eigenvalue weighted by Gasteiger charge is 2.38. The van der Waals surface area contributed by atoms with Crippen LogP contribution in [-0.2, 0) is 4.74 Å². The molecule has 152 valence electrons. The van der Waals surface area contributed by atoms with E-state index in [1.165, 1.54) is 25.7 Å². The van der Waals surface area contributed by atoms with Crippen LogP contribution in [0.3, 0.4) is 0 Å². The number of nitrogens with one attached hydrogen (secondary N) is 2. The van der Waals surface area contributed by atoms with Crippen LogP contribution < -0.4 is 10.6 Å². The summed E-state index contributed by atoms with van der Waals surface area (Å²) in [5.41, 5.74) is 1.03. The molecule has 1 saturated heterocycles. The van der Waals surface area contributed by atoms with Crippen molar-refractivity contribution < 1.29 is 14.3 Å². The number of halogens is 1. The lowest BCUT2D eigenvalue weighted by Gasteiger charge is -2.27. The molecule has 1 aliphatic heterocycles. The second-order valence-corrected chi connectivity index (χ2v) is 8.61. The van der Waals surface area contributed by atoms with E-state index in [0.29, 0.717) is 49.1 Å². The Morgan fingerprint density at radius 2 is 2.00 bits per heavy atom. The molecule has 2 N–H and O–H groups in total. The fourth-order valence-electron chi connectivity index (χ4n) is 4.98. The lowest BCUT2D eigenvalue weighted by atomic mass is 9.86. The van der Waals surface area contributed by atoms with E-state index >= 15 is 0 Å². The van der Waals surface area contributed by atoms with Gasteiger partial charge in [0.1, 0.15) is 0 Å². The van der Waals surface area contributed by atoms with E-state index in [1.807, 2.05) is 0 Å². The van der Waals surface area contributed by atoms with Crippen molar-refractivity contribution in [3.63, 3.8) is 0 Å². The fourth-order valence-corrected chi connectivity index (χ4v) is 5.24. The summed E-state index contributed by atoms with van der Waals surface area (Å²) in [5, 5.41) is 6.10. The van der Waals surface area contributed by atoms with Gasteiger partial charge in [0.05, 0.1) is 23.8 Å². The van der Waals surface area contributed by atoms with Crippen LogP contribution in [0.2, 0.25) is 5.02 Å². The normalized spacial score (nSPS) is 26.3. The summed E-state index contributed by atoms with van der Waals surface area (Å²) in [6.07, 6.45) is 6.56. The van der Waals surface area contributed by atoms with Gasteiger partial charge in [0.25, 0.3) is 5.91 Å². The van der Waals surface area contributed by atoms with Crippen LogP contribution in [-0.4, -0.2) is 49.7 Å². The number of ether oxygens (including phenoxy) is 1. The van der Waals surface area contributed by atoms with Crippen LogP contribution in [0.25, 0.3) is 0 Å². The van der Waals surface area contributed by atoms with Gasteiger partial charge >= 0.3 is 6.03 Å². The van der Waals surface area contributed by atoms with E-state index in [-0.39, 0.29) is 11.9 Å². The van der Waals surface area contributed by atoms with E-state index in [2.05, 4.69) is 10.6 Å². The van der Waals surface area contributed by atoms with Gasteiger partial charge in [-0.05, 0) is 61.6 Å². The zero-order valence-electron chi connectivity index (χ0n) is 16.1. The van der Waals surface area contributed by atoms with Crippen LogP contribution >= 0.6 is 11.6 Å². The number of anilines is 1. The maximum atomic E-state index is 12.6. The Kier molecular flexibility index (Phi) is 6.07. The lowest BCUT2D eigenvalue weighted by Crippen LogP contribution is -2.40. The highest BCUT2D eigenvalue weighted by molar-refractivity contribution is 6.34. The number of urea groups is 1. The smallest absolute Gasteiger partial charge is 0.319 e. The Bertz CT molecular complexity index is 736. The topological polar surface area (TPSA) is 70.7 Å². The zero-order valence-corrected chi connectivity index (χ0v) is 16.8. The number of benzene rings is 1. The van der Waals surface area contributed by atoms with Gasteiger partial charge in [-0.25, -0.2) is 4.79 Å². The fraction of sp³-hybridized carbons (Fsp3) is 0.619. The highest BCUT2D eigenvalue weighted by Crippen LogP contribution is 2.49. The predicted octanol–water partition coefficient (Wildman–Crippen LogP) is 3.76. The quantitative estimate of drug-likeness (QED) is 0.783. The van der Waals surface area contributed by atoms with Crippen molar-refractivity contribution in [1.29, 1.82) is 0 Å². The molecule has 3 fully saturated rings. The number of carbonyl (C=O) groups excluding carboxylic acids is 2. The summed E-state index contributed by atoms with van der Waals surface area (Å²) in [6.45, 7) is 2.93. The van der Waals surface area contributed by atoms with Gasteiger partial charge in [0.2, 0.25) is 0 Å². The third-order valence-electron chi connectivity index (χ3n) is 6.44. The number of hydrogen-bond acceptors (Lipinski definition) is 3. The van der Waals surface area contributed by atoms with Crippen LogP contribution in [0.1, 0.15) is 42.5 Å². The number of morpholine rings is 1. The number of rotatable bonds is 5. The van der Waals surface area contributed by atoms with E-state index in [4.69, 9.17) is 16.3 Å². The maximum Gasteiger partial charge on any atom is 0.319 e. The molecule has 1 heterocycles. The van der Waals surface area contributed by atoms with E-state index in [0.717, 1.165) is 24.2 Å². The van der Waals surface area contributed by atoms with Crippen molar-refractivity contribution in [2.45, 2.75) is 32.1 Å². The monoisotopic (exact) mass is 405 g/mol. The lowest BCUT2D eigenvalue weighted by molar-refractivity contribution is 0.0303. The summed E-state index contributed by atoms with van der Waals surface area (Å²) >= 11 is 6.30.